The van der Waals surface area contributed by atoms with Crippen LogP contribution in [0.15, 0.2) is 0 Å². The summed E-state index contributed by atoms with van der Waals surface area (Å²) in [7, 11) is 3.43. The van der Waals surface area contributed by atoms with Gasteiger partial charge in [-0.1, -0.05) is 29.3 Å². The normalized spacial score (nSPS) is 15.3. The number of alkyl halides is 1. The maximum Gasteiger partial charge on any atom is 0.320 e. The minimum absolute atomic E-state index is 0.208. The van der Waals surface area contributed by atoms with E-state index in [2.05, 4.69) is 39.4 Å². The molecule has 0 aromatic carbocycles. The van der Waals surface area contributed by atoms with Crippen LogP contribution in [0.2, 0.25) is 0 Å². The predicted molar refractivity (Wildman–Crippen MR) is 61.7 cm³/mol. The highest BCUT2D eigenvalue weighted by Gasteiger charge is 2.19. The highest BCUT2D eigenvalue weighted by atomic mass is 79.9. The lowest BCUT2D eigenvalue weighted by Crippen LogP contribution is -2.37. The third-order valence-corrected chi connectivity index (χ3v) is 3.03. The maximum atomic E-state index is 11.1. The quantitative estimate of drug-likeness (QED) is 0.544. The molecule has 0 aromatic rings. The van der Waals surface area contributed by atoms with E-state index in [1.807, 2.05) is 7.05 Å². The first-order valence-corrected chi connectivity index (χ1v) is 5.86. The molecule has 0 rings (SSSR count). The molecule has 0 aliphatic heterocycles. The van der Waals surface area contributed by atoms with Gasteiger partial charge in [0.2, 0.25) is 0 Å². The number of hydrogen-bond donors (Lipinski definition) is 0. The van der Waals surface area contributed by atoms with Crippen molar-refractivity contribution >= 4 is 21.9 Å². The lowest BCUT2D eigenvalue weighted by atomic mass is 10.1. The smallest absolute Gasteiger partial charge is 0.320 e. The van der Waals surface area contributed by atoms with Gasteiger partial charge in [-0.05, 0) is 20.4 Å². The van der Waals surface area contributed by atoms with Crippen molar-refractivity contribution in [3.05, 3.63) is 0 Å². The average Bonchev–Trinajstić information content (AvgIpc) is 2.16. The second kappa shape index (κ2) is 7.23. The number of halogens is 1. The molecule has 0 radical (unpaired) electrons. The number of methoxy groups -OCH3 is 1. The highest BCUT2D eigenvalue weighted by molar-refractivity contribution is 9.10. The van der Waals surface area contributed by atoms with Gasteiger partial charge >= 0.3 is 5.97 Å². The van der Waals surface area contributed by atoms with Crippen LogP contribution in [0, 0.1) is 0 Å². The molecule has 2 unspecified atom stereocenters. The topological polar surface area (TPSA) is 29.5 Å². The van der Waals surface area contributed by atoms with Gasteiger partial charge in [0.1, 0.15) is 4.83 Å². The van der Waals surface area contributed by atoms with E-state index in [1.165, 1.54) is 7.11 Å². The standard InChI is InChI=1S/C10H20BrNO2/c1-5-6-8(2)12(3)7-9(11)10(13)14-4/h8-9H,5-7H2,1-4H3. The number of esters is 1. The van der Waals surface area contributed by atoms with Crippen LogP contribution in [0.4, 0.5) is 0 Å². The minimum Gasteiger partial charge on any atom is -0.468 e. The summed E-state index contributed by atoms with van der Waals surface area (Å²) in [6.07, 6.45) is 2.31. The molecule has 0 heterocycles. The summed E-state index contributed by atoms with van der Waals surface area (Å²) < 4.78 is 4.64. The number of hydrogen-bond acceptors (Lipinski definition) is 3. The molecular weight excluding hydrogens is 246 g/mol. The van der Waals surface area contributed by atoms with E-state index >= 15 is 0 Å². The fraction of sp³-hybridized carbons (Fsp3) is 0.900. The molecule has 0 saturated heterocycles. The van der Waals surface area contributed by atoms with Gasteiger partial charge in [-0.3, -0.25) is 4.79 Å². The number of carbonyl (C=O) groups is 1. The van der Waals surface area contributed by atoms with Gasteiger partial charge in [0.15, 0.2) is 0 Å². The van der Waals surface area contributed by atoms with E-state index in [0.29, 0.717) is 12.6 Å². The fourth-order valence-electron chi connectivity index (χ4n) is 1.27. The van der Waals surface area contributed by atoms with Gasteiger partial charge in [0.25, 0.3) is 0 Å². The molecule has 0 bridgehead atoms. The first-order chi connectivity index (χ1) is 6.52. The largest absolute Gasteiger partial charge is 0.468 e. The van der Waals surface area contributed by atoms with E-state index in [4.69, 9.17) is 0 Å². The molecule has 4 heteroatoms. The van der Waals surface area contributed by atoms with Gasteiger partial charge in [-0.15, -0.1) is 0 Å². The lowest BCUT2D eigenvalue weighted by Gasteiger charge is -2.25. The predicted octanol–water partition coefficient (Wildman–Crippen LogP) is 2.04. The summed E-state index contributed by atoms with van der Waals surface area (Å²) in [6, 6.07) is 0.504. The molecule has 84 valence electrons. The SMILES string of the molecule is CCCC(C)N(C)CC(Br)C(=O)OC. The molecule has 0 fully saturated rings. The van der Waals surface area contributed by atoms with Crippen molar-refractivity contribution in [2.24, 2.45) is 0 Å². The zero-order chi connectivity index (χ0) is 11.1. The van der Waals surface area contributed by atoms with Crippen molar-refractivity contribution in [2.75, 3.05) is 20.7 Å². The molecule has 0 amide bonds. The highest BCUT2D eigenvalue weighted by Crippen LogP contribution is 2.09. The molecule has 14 heavy (non-hydrogen) atoms. The third-order valence-electron chi connectivity index (χ3n) is 2.36. The van der Waals surface area contributed by atoms with Crippen LogP contribution in [0.1, 0.15) is 26.7 Å². The van der Waals surface area contributed by atoms with Crippen molar-refractivity contribution in [3.63, 3.8) is 0 Å². The van der Waals surface area contributed by atoms with E-state index in [0.717, 1.165) is 12.8 Å². The minimum atomic E-state index is -0.225. The second-order valence-electron chi connectivity index (χ2n) is 3.57. The van der Waals surface area contributed by atoms with Crippen LogP contribution >= 0.6 is 15.9 Å². The molecular formula is C10H20BrNO2. The van der Waals surface area contributed by atoms with Crippen LogP contribution in [-0.2, 0) is 9.53 Å². The Morgan fingerprint density at radius 2 is 2.14 bits per heavy atom. The van der Waals surface area contributed by atoms with E-state index < -0.39 is 0 Å². The second-order valence-corrected chi connectivity index (χ2v) is 4.67. The van der Waals surface area contributed by atoms with Crippen molar-refractivity contribution < 1.29 is 9.53 Å². The zero-order valence-electron chi connectivity index (χ0n) is 9.42. The summed E-state index contributed by atoms with van der Waals surface area (Å²) in [6.45, 7) is 5.02. The molecule has 0 aliphatic carbocycles. The Balaban J connectivity index is 3.91. The Bertz CT molecular complexity index is 176. The van der Waals surface area contributed by atoms with Gasteiger partial charge in [0, 0.05) is 12.6 Å². The summed E-state index contributed by atoms with van der Waals surface area (Å²) in [5.41, 5.74) is 0. The van der Waals surface area contributed by atoms with E-state index in [1.54, 1.807) is 0 Å². The molecule has 0 spiro atoms. The van der Waals surface area contributed by atoms with E-state index in [-0.39, 0.29) is 10.8 Å². The first kappa shape index (κ1) is 13.9. The van der Waals surface area contributed by atoms with Crippen molar-refractivity contribution in [1.82, 2.24) is 4.90 Å². The van der Waals surface area contributed by atoms with Crippen LogP contribution in [0.5, 0.6) is 0 Å². The van der Waals surface area contributed by atoms with Crippen molar-refractivity contribution in [1.29, 1.82) is 0 Å². The number of nitrogens with zero attached hydrogens (tertiary/aromatic N) is 1. The summed E-state index contributed by atoms with van der Waals surface area (Å²) in [5.74, 6) is -0.208. The Morgan fingerprint density at radius 1 is 1.57 bits per heavy atom. The van der Waals surface area contributed by atoms with Crippen LogP contribution in [0.25, 0.3) is 0 Å². The fourth-order valence-corrected chi connectivity index (χ4v) is 1.92. The lowest BCUT2D eigenvalue weighted by molar-refractivity contribution is -0.140. The zero-order valence-corrected chi connectivity index (χ0v) is 11.0. The van der Waals surface area contributed by atoms with Crippen LogP contribution < -0.4 is 0 Å². The average molecular weight is 266 g/mol. The van der Waals surface area contributed by atoms with E-state index in [9.17, 15) is 4.79 Å². The Kier molecular flexibility index (Phi) is 7.19. The molecule has 0 saturated carbocycles. The number of carbonyl (C=O) groups excluding carboxylic acids is 1. The maximum absolute atomic E-state index is 11.1. The van der Waals surface area contributed by atoms with Crippen LogP contribution in [0.3, 0.4) is 0 Å². The number of ether oxygens (including phenoxy) is 1. The molecule has 2 atom stereocenters. The summed E-state index contributed by atoms with van der Waals surface area (Å²) in [5, 5.41) is 0. The van der Waals surface area contributed by atoms with Crippen molar-refractivity contribution in [3.8, 4) is 0 Å². The number of rotatable bonds is 6. The molecule has 0 aromatic heterocycles. The van der Waals surface area contributed by atoms with Crippen LogP contribution in [-0.4, -0.2) is 42.4 Å². The third kappa shape index (κ3) is 4.96. The Labute approximate surface area is 94.9 Å². The first-order valence-electron chi connectivity index (χ1n) is 4.95. The van der Waals surface area contributed by atoms with Gasteiger partial charge in [-0.2, -0.15) is 0 Å². The summed E-state index contributed by atoms with van der Waals surface area (Å²) in [4.78, 5) is 13.1. The van der Waals surface area contributed by atoms with Crippen molar-refractivity contribution in [2.45, 2.75) is 37.6 Å². The monoisotopic (exact) mass is 265 g/mol. The van der Waals surface area contributed by atoms with Gasteiger partial charge < -0.3 is 9.64 Å². The van der Waals surface area contributed by atoms with Gasteiger partial charge in [0.05, 0.1) is 7.11 Å². The Hall–Kier alpha value is -0.0900. The molecule has 0 aliphatic rings. The molecule has 0 N–H and O–H groups in total. The van der Waals surface area contributed by atoms with Gasteiger partial charge in [-0.25, -0.2) is 0 Å². The Morgan fingerprint density at radius 3 is 2.57 bits per heavy atom. The molecule has 3 nitrogen and oxygen atoms in total. The summed E-state index contributed by atoms with van der Waals surface area (Å²) >= 11 is 3.31.